The van der Waals surface area contributed by atoms with E-state index < -0.39 is 0 Å². The van der Waals surface area contributed by atoms with Gasteiger partial charge in [0.2, 0.25) is 0 Å². The normalized spacial score (nSPS) is 12.7. The standard InChI is InChI=1S/C10H21OP/c1-5-6-7-12-9(11)8-10(2,3)4/h12H,5-8H2,1-4H3. The predicted molar refractivity (Wildman–Crippen MR) is 57.2 cm³/mol. The minimum Gasteiger partial charge on any atom is -0.295 e. The second-order valence-electron chi connectivity index (χ2n) is 4.44. The molecule has 0 bridgehead atoms. The van der Waals surface area contributed by atoms with Crippen molar-refractivity contribution in [2.24, 2.45) is 5.41 Å². The lowest BCUT2D eigenvalue weighted by Crippen LogP contribution is -2.09. The van der Waals surface area contributed by atoms with Crippen molar-refractivity contribution in [1.82, 2.24) is 0 Å². The quantitative estimate of drug-likeness (QED) is 0.477. The molecule has 0 rings (SSSR count). The minimum atomic E-state index is 0.177. The maximum absolute atomic E-state index is 11.3. The van der Waals surface area contributed by atoms with E-state index in [9.17, 15) is 4.79 Å². The van der Waals surface area contributed by atoms with Crippen LogP contribution >= 0.6 is 8.58 Å². The van der Waals surface area contributed by atoms with Crippen LogP contribution in [0.15, 0.2) is 0 Å². The van der Waals surface area contributed by atoms with Crippen molar-refractivity contribution < 1.29 is 4.79 Å². The van der Waals surface area contributed by atoms with Crippen molar-refractivity contribution in [2.75, 3.05) is 6.16 Å². The van der Waals surface area contributed by atoms with Crippen LogP contribution in [0.1, 0.15) is 47.0 Å². The highest BCUT2D eigenvalue weighted by Crippen LogP contribution is 2.26. The van der Waals surface area contributed by atoms with Gasteiger partial charge in [-0.3, -0.25) is 4.79 Å². The zero-order valence-electron chi connectivity index (χ0n) is 8.74. The summed E-state index contributed by atoms with van der Waals surface area (Å²) in [4.78, 5) is 11.3. The van der Waals surface area contributed by atoms with Crippen LogP contribution in [0.2, 0.25) is 0 Å². The molecule has 0 fully saturated rings. The molecule has 2 heteroatoms. The van der Waals surface area contributed by atoms with Crippen LogP contribution in [0.3, 0.4) is 0 Å². The first kappa shape index (κ1) is 12.1. The summed E-state index contributed by atoms with van der Waals surface area (Å²) in [5, 5.41) is 0. The van der Waals surface area contributed by atoms with Gasteiger partial charge in [0, 0.05) is 6.42 Å². The van der Waals surface area contributed by atoms with Crippen LogP contribution in [-0.4, -0.2) is 11.7 Å². The second kappa shape index (κ2) is 5.70. The van der Waals surface area contributed by atoms with Gasteiger partial charge in [-0.15, -0.1) is 0 Å². The Labute approximate surface area is 78.1 Å². The van der Waals surface area contributed by atoms with Gasteiger partial charge in [0.15, 0.2) is 5.52 Å². The van der Waals surface area contributed by atoms with E-state index in [0.717, 1.165) is 12.6 Å². The highest BCUT2D eigenvalue weighted by Gasteiger charge is 2.14. The maximum Gasteiger partial charge on any atom is 0.151 e. The van der Waals surface area contributed by atoms with Crippen LogP contribution in [-0.2, 0) is 4.79 Å². The van der Waals surface area contributed by atoms with Crippen molar-refractivity contribution in [3.05, 3.63) is 0 Å². The lowest BCUT2D eigenvalue weighted by atomic mass is 9.93. The number of rotatable bonds is 5. The highest BCUT2D eigenvalue weighted by atomic mass is 31.1. The summed E-state index contributed by atoms with van der Waals surface area (Å²) in [6.07, 6.45) is 4.25. The summed E-state index contributed by atoms with van der Waals surface area (Å²) < 4.78 is 0. The largest absolute Gasteiger partial charge is 0.295 e. The van der Waals surface area contributed by atoms with Crippen molar-refractivity contribution in [3.63, 3.8) is 0 Å². The van der Waals surface area contributed by atoms with Crippen molar-refractivity contribution in [3.8, 4) is 0 Å². The van der Waals surface area contributed by atoms with E-state index in [4.69, 9.17) is 0 Å². The Bertz CT molecular complexity index is 135. The number of carbonyl (C=O) groups is 1. The van der Waals surface area contributed by atoms with Gasteiger partial charge < -0.3 is 0 Å². The molecule has 12 heavy (non-hydrogen) atoms. The number of unbranched alkanes of at least 4 members (excludes halogenated alkanes) is 1. The molecule has 0 aliphatic rings. The molecule has 0 aliphatic heterocycles. The van der Waals surface area contributed by atoms with Gasteiger partial charge in [0.05, 0.1) is 0 Å². The summed E-state index contributed by atoms with van der Waals surface area (Å²) in [5.74, 6) is 0. The van der Waals surface area contributed by atoms with Gasteiger partial charge in [-0.2, -0.15) is 0 Å². The third kappa shape index (κ3) is 8.20. The van der Waals surface area contributed by atoms with Gasteiger partial charge in [0.25, 0.3) is 0 Å². The first-order valence-corrected chi connectivity index (χ1v) is 5.93. The Hall–Kier alpha value is 0.100. The first-order valence-electron chi connectivity index (χ1n) is 4.72. The lowest BCUT2D eigenvalue weighted by molar-refractivity contribution is -0.112. The summed E-state index contributed by atoms with van der Waals surface area (Å²) in [6.45, 7) is 8.53. The van der Waals surface area contributed by atoms with Crippen LogP contribution in [0.4, 0.5) is 0 Å². The van der Waals surface area contributed by atoms with Gasteiger partial charge in [-0.1, -0.05) is 42.7 Å². The molecule has 1 atom stereocenters. The Morgan fingerprint density at radius 2 is 1.92 bits per heavy atom. The molecule has 0 amide bonds. The van der Waals surface area contributed by atoms with Gasteiger partial charge in [-0.05, 0) is 18.0 Å². The van der Waals surface area contributed by atoms with E-state index in [-0.39, 0.29) is 5.41 Å². The van der Waals surface area contributed by atoms with Gasteiger partial charge >= 0.3 is 0 Å². The molecule has 0 N–H and O–H groups in total. The van der Waals surface area contributed by atoms with E-state index in [1.807, 2.05) is 0 Å². The number of hydrogen-bond acceptors (Lipinski definition) is 1. The first-order chi connectivity index (χ1) is 5.45. The summed E-state index contributed by atoms with van der Waals surface area (Å²) in [5.41, 5.74) is 0.631. The van der Waals surface area contributed by atoms with Gasteiger partial charge in [-0.25, -0.2) is 0 Å². The van der Waals surface area contributed by atoms with E-state index in [2.05, 4.69) is 27.7 Å². The van der Waals surface area contributed by atoms with E-state index in [0.29, 0.717) is 14.1 Å². The molecule has 0 saturated carbocycles. The van der Waals surface area contributed by atoms with E-state index in [1.54, 1.807) is 0 Å². The monoisotopic (exact) mass is 188 g/mol. The molecule has 0 heterocycles. The van der Waals surface area contributed by atoms with E-state index in [1.165, 1.54) is 12.8 Å². The molecule has 1 unspecified atom stereocenters. The molecule has 0 saturated heterocycles. The molecule has 0 aromatic rings. The molecule has 1 nitrogen and oxygen atoms in total. The zero-order valence-corrected chi connectivity index (χ0v) is 9.74. The van der Waals surface area contributed by atoms with Crippen LogP contribution < -0.4 is 0 Å². The SMILES string of the molecule is CCCCPC(=O)CC(C)(C)C. The minimum absolute atomic E-state index is 0.177. The Morgan fingerprint density at radius 3 is 2.33 bits per heavy atom. The maximum atomic E-state index is 11.3. The summed E-state index contributed by atoms with van der Waals surface area (Å²) in [7, 11) is 0.547. The fourth-order valence-electron chi connectivity index (χ4n) is 0.949. The third-order valence-corrected chi connectivity index (χ3v) is 2.72. The smallest absolute Gasteiger partial charge is 0.151 e. The van der Waals surface area contributed by atoms with Crippen molar-refractivity contribution in [1.29, 1.82) is 0 Å². The topological polar surface area (TPSA) is 17.1 Å². The average molecular weight is 188 g/mol. The van der Waals surface area contributed by atoms with E-state index >= 15 is 0 Å². The average Bonchev–Trinajstić information content (AvgIpc) is 1.84. The molecule has 72 valence electrons. The lowest BCUT2D eigenvalue weighted by Gasteiger charge is -2.16. The van der Waals surface area contributed by atoms with Crippen molar-refractivity contribution in [2.45, 2.75) is 47.0 Å². The van der Waals surface area contributed by atoms with Gasteiger partial charge in [0.1, 0.15) is 0 Å². The Morgan fingerprint density at radius 1 is 1.33 bits per heavy atom. The van der Waals surface area contributed by atoms with Crippen molar-refractivity contribution >= 4 is 14.1 Å². The Kier molecular flexibility index (Phi) is 5.74. The van der Waals surface area contributed by atoms with Crippen LogP contribution in [0.5, 0.6) is 0 Å². The number of hydrogen-bond donors (Lipinski definition) is 0. The van der Waals surface area contributed by atoms with Crippen LogP contribution in [0, 0.1) is 5.41 Å². The third-order valence-electron chi connectivity index (χ3n) is 1.54. The molecular weight excluding hydrogens is 167 g/mol. The Balaban J connectivity index is 3.47. The zero-order chi connectivity index (χ0) is 9.61. The summed E-state index contributed by atoms with van der Waals surface area (Å²) >= 11 is 0. The molecule has 0 aromatic carbocycles. The summed E-state index contributed by atoms with van der Waals surface area (Å²) in [6, 6.07) is 0. The fourth-order valence-corrected chi connectivity index (χ4v) is 2.41. The highest BCUT2D eigenvalue weighted by molar-refractivity contribution is 7.57. The van der Waals surface area contributed by atoms with Crippen LogP contribution in [0.25, 0.3) is 0 Å². The molecule has 0 aromatic heterocycles. The number of carbonyl (C=O) groups excluding carboxylic acids is 1. The predicted octanol–water partition coefficient (Wildman–Crippen LogP) is 3.43. The fraction of sp³-hybridized carbons (Fsp3) is 0.900. The molecule has 0 spiro atoms. The molecule has 0 aliphatic carbocycles. The molecule has 0 radical (unpaired) electrons. The molecular formula is C10H21OP. The second-order valence-corrected chi connectivity index (χ2v) is 5.85.